The number of pyridine rings is 1. The molecule has 5 rings (SSSR count). The maximum atomic E-state index is 7.68. The number of aromatic nitrogens is 3. The first-order valence-corrected chi connectivity index (χ1v) is 12.7. The Bertz CT molecular complexity index is 1470. The molecule has 1 fully saturated rings. The summed E-state index contributed by atoms with van der Waals surface area (Å²) in [5, 5.41) is 9.33. The van der Waals surface area contributed by atoms with Crippen LogP contribution in [0.5, 0.6) is 5.75 Å². The van der Waals surface area contributed by atoms with Gasteiger partial charge in [-0.2, -0.15) is 5.10 Å². The van der Waals surface area contributed by atoms with Gasteiger partial charge in [-0.25, -0.2) is 4.85 Å². The molecule has 1 N–H and O–H groups in total. The molecule has 9 heteroatoms. The Morgan fingerprint density at radius 3 is 2.68 bits per heavy atom. The highest BCUT2D eigenvalue weighted by Crippen LogP contribution is 2.34. The van der Waals surface area contributed by atoms with Gasteiger partial charge in [0.05, 0.1) is 41.0 Å². The first-order chi connectivity index (χ1) is 18.0. The highest BCUT2D eigenvalue weighted by molar-refractivity contribution is 6.35. The van der Waals surface area contributed by atoms with E-state index in [9.17, 15) is 0 Å². The van der Waals surface area contributed by atoms with E-state index in [1.807, 2.05) is 49.4 Å². The number of morpholine rings is 1. The molecule has 37 heavy (non-hydrogen) atoms. The summed E-state index contributed by atoms with van der Waals surface area (Å²) in [4.78, 5) is 10.1. The summed E-state index contributed by atoms with van der Waals surface area (Å²) in [6.45, 7) is 13.7. The van der Waals surface area contributed by atoms with Crippen LogP contribution in [0.25, 0.3) is 27.9 Å². The number of hydrogen-bond donors (Lipinski definition) is 1. The number of fused-ring (bicyclic) bond motifs is 1. The van der Waals surface area contributed by atoms with Crippen molar-refractivity contribution in [2.75, 3.05) is 26.3 Å². The van der Waals surface area contributed by atoms with E-state index in [-0.39, 0.29) is 6.10 Å². The molecular formula is C28H25Cl2N5O2. The summed E-state index contributed by atoms with van der Waals surface area (Å²) >= 11 is 12.6. The van der Waals surface area contributed by atoms with Crippen molar-refractivity contribution in [1.29, 1.82) is 0 Å². The molecule has 4 aromatic rings. The van der Waals surface area contributed by atoms with E-state index in [1.54, 1.807) is 12.4 Å². The Hall–Kier alpha value is -3.41. The monoisotopic (exact) mass is 533 g/mol. The number of aromatic amines is 1. The maximum Gasteiger partial charge on any atom is 0.194 e. The number of ether oxygens (including phenoxy) is 2. The van der Waals surface area contributed by atoms with Crippen LogP contribution in [0.2, 0.25) is 10.0 Å². The minimum Gasteiger partial charge on any atom is -0.486 e. The van der Waals surface area contributed by atoms with E-state index in [1.165, 1.54) is 0 Å². The third kappa shape index (κ3) is 5.79. The van der Waals surface area contributed by atoms with Gasteiger partial charge in [-0.15, -0.1) is 0 Å². The van der Waals surface area contributed by atoms with Gasteiger partial charge in [-0.05, 0) is 42.3 Å². The molecule has 1 atom stereocenters. The molecule has 1 saturated heterocycles. The van der Waals surface area contributed by atoms with Crippen molar-refractivity contribution in [2.24, 2.45) is 0 Å². The number of halogens is 2. The van der Waals surface area contributed by atoms with Gasteiger partial charge in [0.25, 0.3) is 0 Å². The lowest BCUT2D eigenvalue weighted by Gasteiger charge is -2.26. The fraction of sp³-hybridized carbons (Fsp3) is 0.250. The van der Waals surface area contributed by atoms with Crippen molar-refractivity contribution >= 4 is 51.9 Å². The van der Waals surface area contributed by atoms with Crippen LogP contribution in [-0.4, -0.2) is 46.4 Å². The number of rotatable bonds is 7. The molecule has 2 aromatic heterocycles. The Kier molecular flexibility index (Phi) is 7.73. The first kappa shape index (κ1) is 25.2. The third-order valence-corrected chi connectivity index (χ3v) is 6.92. The largest absolute Gasteiger partial charge is 0.486 e. The first-order valence-electron chi connectivity index (χ1n) is 11.9. The second-order valence-corrected chi connectivity index (χ2v) is 9.63. The predicted octanol–water partition coefficient (Wildman–Crippen LogP) is 6.96. The van der Waals surface area contributed by atoms with Crippen LogP contribution in [0.1, 0.15) is 35.4 Å². The molecule has 3 heterocycles. The van der Waals surface area contributed by atoms with E-state index in [4.69, 9.17) is 39.2 Å². The molecule has 0 radical (unpaired) electrons. The van der Waals surface area contributed by atoms with E-state index in [0.29, 0.717) is 27.0 Å². The number of hydrogen-bond acceptors (Lipinski definition) is 5. The van der Waals surface area contributed by atoms with Gasteiger partial charge in [-0.3, -0.25) is 15.0 Å². The number of benzene rings is 2. The van der Waals surface area contributed by atoms with Crippen molar-refractivity contribution in [3.63, 3.8) is 0 Å². The summed E-state index contributed by atoms with van der Waals surface area (Å²) < 4.78 is 11.6. The van der Waals surface area contributed by atoms with Gasteiger partial charge >= 0.3 is 0 Å². The second-order valence-electron chi connectivity index (χ2n) is 8.82. The minimum absolute atomic E-state index is 0.372. The molecule has 0 amide bonds. The molecule has 0 spiro atoms. The van der Waals surface area contributed by atoms with Crippen molar-refractivity contribution in [3.8, 4) is 5.75 Å². The Labute approximate surface area is 225 Å². The van der Waals surface area contributed by atoms with Crippen LogP contribution in [0.15, 0.2) is 48.8 Å². The average molecular weight is 534 g/mol. The van der Waals surface area contributed by atoms with Gasteiger partial charge in [0.2, 0.25) is 0 Å². The van der Waals surface area contributed by atoms with Crippen molar-refractivity contribution in [2.45, 2.75) is 19.6 Å². The van der Waals surface area contributed by atoms with Crippen molar-refractivity contribution < 1.29 is 9.47 Å². The molecular weight excluding hydrogens is 509 g/mol. The molecule has 0 aliphatic carbocycles. The van der Waals surface area contributed by atoms with Gasteiger partial charge in [0, 0.05) is 43.0 Å². The van der Waals surface area contributed by atoms with Gasteiger partial charge in [0.1, 0.15) is 11.9 Å². The number of nitrogens with one attached hydrogen (secondary N) is 1. The topological polar surface area (TPSA) is 67.6 Å². The minimum atomic E-state index is -0.372. The van der Waals surface area contributed by atoms with E-state index >= 15 is 0 Å². The molecule has 7 nitrogen and oxygen atoms in total. The zero-order chi connectivity index (χ0) is 25.8. The Morgan fingerprint density at radius 2 is 1.92 bits per heavy atom. The van der Waals surface area contributed by atoms with Crippen LogP contribution in [0, 0.1) is 6.57 Å². The normalized spacial score (nSPS) is 15.2. The number of H-pyrrole nitrogens is 1. The van der Waals surface area contributed by atoms with Crippen molar-refractivity contribution in [1.82, 2.24) is 20.1 Å². The smallest absolute Gasteiger partial charge is 0.194 e. The summed E-state index contributed by atoms with van der Waals surface area (Å²) in [7, 11) is 0. The predicted molar refractivity (Wildman–Crippen MR) is 147 cm³/mol. The third-order valence-electron chi connectivity index (χ3n) is 6.32. The molecule has 1 unspecified atom stereocenters. The summed E-state index contributed by atoms with van der Waals surface area (Å²) in [5.74, 6) is 0.661. The Morgan fingerprint density at radius 1 is 1.14 bits per heavy atom. The lowest BCUT2D eigenvalue weighted by molar-refractivity contribution is 0.0342. The van der Waals surface area contributed by atoms with E-state index in [0.717, 1.165) is 60.6 Å². The van der Waals surface area contributed by atoms with Crippen LogP contribution in [-0.2, 0) is 11.3 Å². The van der Waals surface area contributed by atoms with E-state index in [2.05, 4.69) is 31.0 Å². The van der Waals surface area contributed by atoms with Gasteiger partial charge < -0.3 is 9.47 Å². The Balaban J connectivity index is 1.35. The lowest BCUT2D eigenvalue weighted by atomic mass is 10.1. The second kappa shape index (κ2) is 11.3. The molecule has 2 aromatic carbocycles. The zero-order valence-corrected chi connectivity index (χ0v) is 21.8. The van der Waals surface area contributed by atoms with Crippen molar-refractivity contribution in [3.05, 3.63) is 92.6 Å². The van der Waals surface area contributed by atoms with Gasteiger partial charge in [0.15, 0.2) is 5.69 Å². The van der Waals surface area contributed by atoms with Gasteiger partial charge in [-0.1, -0.05) is 47.5 Å². The standard InChI is InChI=1S/C28H25Cl2N5O2/c1-18(28-23(29)15-32-16-24(28)30)37-21-6-8-26-22(14-21)25(33-34-26)7-5-20-4-3-19(13-27(20)31-2)17-35-9-11-36-12-10-35/h3-8,13-16,18H,9-12,17H2,1H3,(H,33,34)/b7-5+. The summed E-state index contributed by atoms with van der Waals surface area (Å²) in [5.41, 5.74) is 4.91. The molecule has 0 bridgehead atoms. The number of nitrogens with zero attached hydrogens (tertiary/aromatic N) is 4. The SMILES string of the molecule is [C-]#[N+]c1cc(CN2CCOCC2)ccc1/C=C/c1n[nH]c2ccc(OC(C)c3c(Cl)cncc3Cl)cc12. The van der Waals surface area contributed by atoms with E-state index < -0.39 is 0 Å². The summed E-state index contributed by atoms with van der Waals surface area (Å²) in [6.07, 6.45) is 6.57. The summed E-state index contributed by atoms with van der Waals surface area (Å²) in [6, 6.07) is 11.8. The van der Waals surface area contributed by atoms with Crippen LogP contribution >= 0.6 is 23.2 Å². The van der Waals surface area contributed by atoms with Crippen LogP contribution in [0.3, 0.4) is 0 Å². The maximum absolute atomic E-state index is 7.68. The molecule has 188 valence electrons. The average Bonchev–Trinajstić information content (AvgIpc) is 3.30. The quantitative estimate of drug-likeness (QED) is 0.260. The fourth-order valence-electron chi connectivity index (χ4n) is 4.40. The zero-order valence-electron chi connectivity index (χ0n) is 20.2. The lowest BCUT2D eigenvalue weighted by Crippen LogP contribution is -2.35. The molecule has 0 saturated carbocycles. The highest BCUT2D eigenvalue weighted by atomic mass is 35.5. The fourth-order valence-corrected chi connectivity index (χ4v) is 5.07. The molecule has 1 aliphatic heterocycles. The van der Waals surface area contributed by atoms with Crippen LogP contribution < -0.4 is 4.74 Å². The highest BCUT2D eigenvalue weighted by Gasteiger charge is 2.17. The van der Waals surface area contributed by atoms with Crippen LogP contribution in [0.4, 0.5) is 5.69 Å². The molecule has 1 aliphatic rings.